The van der Waals surface area contributed by atoms with Crippen LogP contribution in [0.3, 0.4) is 0 Å². The lowest BCUT2D eigenvalue weighted by atomic mass is 10.1. The Morgan fingerprint density at radius 2 is 2.05 bits per heavy atom. The molecule has 0 unspecified atom stereocenters. The van der Waals surface area contributed by atoms with Gasteiger partial charge in [0, 0.05) is 23.7 Å². The van der Waals surface area contributed by atoms with Crippen LogP contribution in [-0.4, -0.2) is 34.1 Å². The van der Waals surface area contributed by atoms with Gasteiger partial charge < -0.3 is 4.90 Å². The normalized spacial score (nSPS) is 14.9. The van der Waals surface area contributed by atoms with E-state index in [2.05, 4.69) is 10.2 Å². The average molecular weight is 276 g/mol. The Kier molecular flexibility index (Phi) is 3.25. The van der Waals surface area contributed by atoms with Crippen molar-refractivity contribution in [1.29, 1.82) is 0 Å². The molecule has 1 fully saturated rings. The van der Waals surface area contributed by atoms with Gasteiger partial charge in [-0.2, -0.15) is 5.10 Å². The third-order valence-electron chi connectivity index (χ3n) is 3.32. The van der Waals surface area contributed by atoms with Crippen molar-refractivity contribution in [2.75, 3.05) is 13.1 Å². The number of aromatic nitrogens is 2. The van der Waals surface area contributed by atoms with Crippen molar-refractivity contribution in [3.63, 3.8) is 0 Å². The Morgan fingerprint density at radius 1 is 1.26 bits per heavy atom. The highest BCUT2D eigenvalue weighted by Gasteiger charge is 2.21. The quantitative estimate of drug-likeness (QED) is 0.916. The van der Waals surface area contributed by atoms with Crippen molar-refractivity contribution in [1.82, 2.24) is 15.1 Å². The van der Waals surface area contributed by atoms with Crippen LogP contribution in [0.25, 0.3) is 11.3 Å². The van der Waals surface area contributed by atoms with Crippen molar-refractivity contribution in [2.45, 2.75) is 12.8 Å². The molecule has 1 aliphatic rings. The predicted octanol–water partition coefficient (Wildman–Crippen LogP) is 2.97. The van der Waals surface area contributed by atoms with Crippen molar-refractivity contribution < 1.29 is 4.79 Å². The summed E-state index contributed by atoms with van der Waals surface area (Å²) in [4.78, 5) is 14.0. The summed E-state index contributed by atoms with van der Waals surface area (Å²) in [6.07, 6.45) is 2.17. The monoisotopic (exact) mass is 275 g/mol. The topological polar surface area (TPSA) is 49.0 Å². The summed E-state index contributed by atoms with van der Waals surface area (Å²) < 4.78 is 0. The van der Waals surface area contributed by atoms with E-state index in [-0.39, 0.29) is 5.91 Å². The first-order valence-electron chi connectivity index (χ1n) is 6.35. The number of rotatable bonds is 2. The van der Waals surface area contributed by atoms with Crippen LogP contribution in [-0.2, 0) is 0 Å². The van der Waals surface area contributed by atoms with Gasteiger partial charge in [0.1, 0.15) is 5.69 Å². The van der Waals surface area contributed by atoms with Crippen LogP contribution in [0.4, 0.5) is 0 Å². The number of nitrogens with one attached hydrogen (secondary N) is 1. The molecule has 1 aliphatic heterocycles. The first-order chi connectivity index (χ1) is 9.24. The zero-order valence-electron chi connectivity index (χ0n) is 10.4. The third-order valence-corrected chi connectivity index (χ3v) is 3.56. The van der Waals surface area contributed by atoms with Crippen molar-refractivity contribution >= 4 is 17.5 Å². The van der Waals surface area contributed by atoms with Gasteiger partial charge in [-0.15, -0.1) is 0 Å². The SMILES string of the molecule is O=C(c1cc(-c2cccc(Cl)c2)n[nH]1)N1CCCC1. The molecule has 5 heteroatoms. The molecule has 0 atom stereocenters. The van der Waals surface area contributed by atoms with Gasteiger partial charge in [-0.25, -0.2) is 0 Å². The molecular weight excluding hydrogens is 262 g/mol. The van der Waals surface area contributed by atoms with E-state index < -0.39 is 0 Å². The maximum absolute atomic E-state index is 12.2. The third kappa shape index (κ3) is 2.49. The number of nitrogens with zero attached hydrogens (tertiary/aromatic N) is 2. The molecule has 1 saturated heterocycles. The molecule has 98 valence electrons. The van der Waals surface area contributed by atoms with Crippen LogP contribution in [0.15, 0.2) is 30.3 Å². The molecule has 0 bridgehead atoms. The Labute approximate surface area is 116 Å². The Bertz CT molecular complexity index is 602. The van der Waals surface area contributed by atoms with E-state index in [1.807, 2.05) is 29.2 Å². The first kappa shape index (κ1) is 12.2. The van der Waals surface area contributed by atoms with Gasteiger partial charge in [-0.1, -0.05) is 23.7 Å². The van der Waals surface area contributed by atoms with Crippen LogP contribution >= 0.6 is 11.6 Å². The maximum atomic E-state index is 12.2. The van der Waals surface area contributed by atoms with E-state index >= 15 is 0 Å². The Balaban J connectivity index is 1.85. The molecule has 0 radical (unpaired) electrons. The number of hydrogen-bond acceptors (Lipinski definition) is 2. The van der Waals surface area contributed by atoms with Gasteiger partial charge in [0.05, 0.1) is 5.69 Å². The molecule has 4 nitrogen and oxygen atoms in total. The summed E-state index contributed by atoms with van der Waals surface area (Å²) >= 11 is 5.95. The van der Waals surface area contributed by atoms with Crippen LogP contribution in [0.2, 0.25) is 5.02 Å². The fourth-order valence-corrected chi connectivity index (χ4v) is 2.51. The first-order valence-corrected chi connectivity index (χ1v) is 6.72. The summed E-state index contributed by atoms with van der Waals surface area (Å²) in [5, 5.41) is 7.67. The number of amides is 1. The highest BCUT2D eigenvalue weighted by atomic mass is 35.5. The van der Waals surface area contributed by atoms with E-state index in [9.17, 15) is 4.79 Å². The summed E-state index contributed by atoms with van der Waals surface area (Å²) in [6, 6.07) is 9.22. The lowest BCUT2D eigenvalue weighted by Crippen LogP contribution is -2.27. The van der Waals surface area contributed by atoms with Crippen LogP contribution in [0, 0.1) is 0 Å². The smallest absolute Gasteiger partial charge is 0.271 e. The second-order valence-electron chi connectivity index (χ2n) is 4.68. The van der Waals surface area contributed by atoms with Gasteiger partial charge >= 0.3 is 0 Å². The molecule has 0 spiro atoms. The minimum atomic E-state index is 0.0262. The lowest BCUT2D eigenvalue weighted by Gasteiger charge is -2.12. The van der Waals surface area contributed by atoms with Gasteiger partial charge in [0.15, 0.2) is 0 Å². The number of carbonyl (C=O) groups is 1. The molecule has 1 N–H and O–H groups in total. The fraction of sp³-hybridized carbons (Fsp3) is 0.286. The maximum Gasteiger partial charge on any atom is 0.271 e. The fourth-order valence-electron chi connectivity index (χ4n) is 2.32. The molecule has 1 amide bonds. The molecule has 19 heavy (non-hydrogen) atoms. The molecule has 1 aromatic carbocycles. The van der Waals surface area contributed by atoms with Crippen molar-refractivity contribution in [3.8, 4) is 11.3 Å². The Hall–Kier alpha value is -1.81. The minimum Gasteiger partial charge on any atom is -0.337 e. The molecule has 1 aromatic heterocycles. The van der Waals surface area contributed by atoms with Gasteiger partial charge in [-0.05, 0) is 31.0 Å². The molecule has 0 aliphatic carbocycles. The average Bonchev–Trinajstić information content (AvgIpc) is 3.10. The molecule has 0 saturated carbocycles. The van der Waals surface area contributed by atoms with E-state index in [0.717, 1.165) is 37.2 Å². The second-order valence-corrected chi connectivity index (χ2v) is 5.11. The minimum absolute atomic E-state index is 0.0262. The number of halogens is 1. The highest BCUT2D eigenvalue weighted by Crippen LogP contribution is 2.22. The van der Waals surface area contributed by atoms with Crippen LogP contribution in [0.1, 0.15) is 23.3 Å². The number of H-pyrrole nitrogens is 1. The van der Waals surface area contributed by atoms with E-state index in [1.165, 1.54) is 0 Å². The largest absolute Gasteiger partial charge is 0.337 e. The number of likely N-dealkylation sites (tertiary alicyclic amines) is 1. The van der Waals surface area contributed by atoms with E-state index in [4.69, 9.17) is 11.6 Å². The lowest BCUT2D eigenvalue weighted by molar-refractivity contribution is 0.0787. The zero-order chi connectivity index (χ0) is 13.2. The zero-order valence-corrected chi connectivity index (χ0v) is 11.2. The summed E-state index contributed by atoms with van der Waals surface area (Å²) in [5.41, 5.74) is 2.19. The van der Waals surface area contributed by atoms with Gasteiger partial charge in [0.2, 0.25) is 0 Å². The summed E-state index contributed by atoms with van der Waals surface area (Å²) in [5.74, 6) is 0.0262. The molecule has 2 heterocycles. The summed E-state index contributed by atoms with van der Waals surface area (Å²) in [6.45, 7) is 1.68. The number of benzene rings is 1. The van der Waals surface area contributed by atoms with Crippen molar-refractivity contribution in [3.05, 3.63) is 41.0 Å². The van der Waals surface area contributed by atoms with Crippen molar-refractivity contribution in [2.24, 2.45) is 0 Å². The molecular formula is C14H14ClN3O. The number of carbonyl (C=O) groups excluding carboxylic acids is 1. The van der Waals surface area contributed by atoms with E-state index in [1.54, 1.807) is 6.07 Å². The molecule has 2 aromatic rings. The highest BCUT2D eigenvalue weighted by molar-refractivity contribution is 6.30. The standard InChI is InChI=1S/C14H14ClN3O/c15-11-5-3-4-10(8-11)12-9-13(17-16-12)14(19)18-6-1-2-7-18/h3-5,8-9H,1-2,6-7H2,(H,16,17). The number of aromatic amines is 1. The van der Waals surface area contributed by atoms with Crippen LogP contribution < -0.4 is 0 Å². The predicted molar refractivity (Wildman–Crippen MR) is 74.2 cm³/mol. The second kappa shape index (κ2) is 5.05. The van der Waals surface area contributed by atoms with Gasteiger partial charge in [-0.3, -0.25) is 9.89 Å². The Morgan fingerprint density at radius 3 is 2.79 bits per heavy atom. The molecule has 3 rings (SSSR count). The van der Waals surface area contributed by atoms with Crippen LogP contribution in [0.5, 0.6) is 0 Å². The number of hydrogen-bond donors (Lipinski definition) is 1. The van der Waals surface area contributed by atoms with Gasteiger partial charge in [0.25, 0.3) is 5.91 Å². The summed E-state index contributed by atoms with van der Waals surface area (Å²) in [7, 11) is 0. The van der Waals surface area contributed by atoms with E-state index in [0.29, 0.717) is 10.7 Å².